The molecule has 0 unspecified atom stereocenters. The van der Waals surface area contributed by atoms with E-state index < -0.39 is 0 Å². The Labute approximate surface area is 92.1 Å². The van der Waals surface area contributed by atoms with E-state index in [4.69, 9.17) is 5.11 Å². The third kappa shape index (κ3) is 2.79. The number of hydrogen-bond donors (Lipinski definition) is 1. The highest BCUT2D eigenvalue weighted by atomic mass is 79.9. The number of hydrogen-bond acceptors (Lipinski definition) is 1. The van der Waals surface area contributed by atoms with Gasteiger partial charge in [-0.1, -0.05) is 29.3 Å². The van der Waals surface area contributed by atoms with Crippen molar-refractivity contribution in [2.24, 2.45) is 0 Å². The molecule has 0 bridgehead atoms. The van der Waals surface area contributed by atoms with E-state index >= 15 is 0 Å². The second-order valence-electron chi connectivity index (χ2n) is 3.26. The lowest BCUT2D eigenvalue weighted by molar-refractivity contribution is 0.297. The molecule has 78 valence electrons. The lowest BCUT2D eigenvalue weighted by atomic mass is 10.1. The maximum absolute atomic E-state index is 13.5. The predicted molar refractivity (Wildman–Crippen MR) is 58.9 cm³/mol. The Kier molecular flexibility index (Phi) is 4.55. The highest BCUT2D eigenvalue weighted by molar-refractivity contribution is 9.10. The van der Waals surface area contributed by atoms with E-state index in [9.17, 15) is 4.39 Å². The van der Waals surface area contributed by atoms with Crippen molar-refractivity contribution in [3.8, 4) is 0 Å². The normalized spacial score (nSPS) is 10.6. The van der Waals surface area contributed by atoms with Gasteiger partial charge in [0.1, 0.15) is 5.82 Å². The van der Waals surface area contributed by atoms with Crippen molar-refractivity contribution >= 4 is 15.9 Å². The minimum absolute atomic E-state index is 0.0252. The average molecular weight is 261 g/mol. The first kappa shape index (κ1) is 11.7. The molecule has 0 amide bonds. The average Bonchev–Trinajstić information content (AvgIpc) is 2.12. The van der Waals surface area contributed by atoms with Gasteiger partial charge in [0, 0.05) is 16.6 Å². The Bertz CT molecular complexity index is 289. The van der Waals surface area contributed by atoms with Crippen molar-refractivity contribution < 1.29 is 9.50 Å². The number of benzene rings is 1. The van der Waals surface area contributed by atoms with Crippen LogP contribution in [0.15, 0.2) is 16.6 Å². The number of aryl methyl sites for hydroxylation is 1. The third-order valence-corrected chi connectivity index (χ3v) is 2.81. The molecule has 0 aromatic heterocycles. The van der Waals surface area contributed by atoms with Crippen LogP contribution in [0, 0.1) is 5.82 Å². The van der Waals surface area contributed by atoms with Crippen molar-refractivity contribution in [3.05, 3.63) is 33.5 Å². The van der Waals surface area contributed by atoms with E-state index in [-0.39, 0.29) is 12.4 Å². The standard InChI is InChI=1S/C11H14BrFO/c1-2-3-8-6-10(12)9(4-5-14)11(13)7-8/h6-7,14H,2-5H2,1H3. The molecule has 1 N–H and O–H groups in total. The van der Waals surface area contributed by atoms with E-state index in [1.807, 2.05) is 6.07 Å². The van der Waals surface area contributed by atoms with Crippen LogP contribution in [0.2, 0.25) is 0 Å². The van der Waals surface area contributed by atoms with Crippen LogP contribution in [-0.2, 0) is 12.8 Å². The van der Waals surface area contributed by atoms with Gasteiger partial charge in [0.25, 0.3) is 0 Å². The Balaban J connectivity index is 2.98. The first-order chi connectivity index (χ1) is 6.69. The highest BCUT2D eigenvalue weighted by Crippen LogP contribution is 2.23. The van der Waals surface area contributed by atoms with Crippen molar-refractivity contribution in [2.75, 3.05) is 6.61 Å². The predicted octanol–water partition coefficient (Wildman–Crippen LogP) is 3.08. The fourth-order valence-corrected chi connectivity index (χ4v) is 2.12. The summed E-state index contributed by atoms with van der Waals surface area (Å²) < 4.78 is 14.2. The molecule has 0 spiro atoms. The topological polar surface area (TPSA) is 20.2 Å². The molecule has 0 aliphatic rings. The lowest BCUT2D eigenvalue weighted by Gasteiger charge is -2.07. The van der Waals surface area contributed by atoms with Crippen molar-refractivity contribution in [2.45, 2.75) is 26.2 Å². The Hall–Kier alpha value is -0.410. The second kappa shape index (κ2) is 5.47. The zero-order valence-electron chi connectivity index (χ0n) is 8.19. The summed E-state index contributed by atoms with van der Waals surface area (Å²) in [6, 6.07) is 3.48. The minimum atomic E-state index is -0.225. The summed E-state index contributed by atoms with van der Waals surface area (Å²) in [5.41, 5.74) is 1.56. The number of rotatable bonds is 4. The van der Waals surface area contributed by atoms with E-state index in [2.05, 4.69) is 22.9 Å². The van der Waals surface area contributed by atoms with Gasteiger partial charge in [0.15, 0.2) is 0 Å². The molecular weight excluding hydrogens is 247 g/mol. The molecule has 0 heterocycles. The van der Waals surface area contributed by atoms with Crippen LogP contribution in [0.1, 0.15) is 24.5 Å². The molecular formula is C11H14BrFO. The van der Waals surface area contributed by atoms with Gasteiger partial charge in [-0.2, -0.15) is 0 Å². The van der Waals surface area contributed by atoms with Gasteiger partial charge in [-0.25, -0.2) is 4.39 Å². The first-order valence-corrected chi connectivity index (χ1v) is 5.56. The molecule has 0 saturated carbocycles. The fourth-order valence-electron chi connectivity index (χ4n) is 1.44. The largest absolute Gasteiger partial charge is 0.396 e. The molecule has 1 nitrogen and oxygen atoms in total. The Morgan fingerprint density at radius 2 is 2.07 bits per heavy atom. The van der Waals surface area contributed by atoms with Crippen LogP contribution in [-0.4, -0.2) is 11.7 Å². The molecule has 1 aromatic rings. The van der Waals surface area contributed by atoms with Crippen molar-refractivity contribution in [3.63, 3.8) is 0 Å². The number of halogens is 2. The van der Waals surface area contributed by atoms with Crippen LogP contribution in [0.25, 0.3) is 0 Å². The molecule has 0 atom stereocenters. The molecule has 14 heavy (non-hydrogen) atoms. The van der Waals surface area contributed by atoms with Crippen LogP contribution >= 0.6 is 15.9 Å². The maximum atomic E-state index is 13.5. The second-order valence-corrected chi connectivity index (χ2v) is 4.12. The fraction of sp³-hybridized carbons (Fsp3) is 0.455. The van der Waals surface area contributed by atoms with Gasteiger partial charge in [-0.3, -0.25) is 0 Å². The Morgan fingerprint density at radius 3 is 2.57 bits per heavy atom. The van der Waals surface area contributed by atoms with Gasteiger partial charge in [0.05, 0.1) is 0 Å². The molecule has 0 aliphatic carbocycles. The zero-order chi connectivity index (χ0) is 10.6. The quantitative estimate of drug-likeness (QED) is 0.883. The van der Waals surface area contributed by atoms with E-state index in [0.717, 1.165) is 22.9 Å². The molecule has 0 fully saturated rings. The van der Waals surface area contributed by atoms with Crippen molar-refractivity contribution in [1.29, 1.82) is 0 Å². The summed E-state index contributed by atoms with van der Waals surface area (Å²) in [6.45, 7) is 2.04. The van der Waals surface area contributed by atoms with E-state index in [1.54, 1.807) is 6.07 Å². The molecule has 1 rings (SSSR count). The molecule has 0 radical (unpaired) electrons. The Morgan fingerprint density at radius 1 is 1.36 bits per heavy atom. The zero-order valence-corrected chi connectivity index (χ0v) is 9.77. The highest BCUT2D eigenvalue weighted by Gasteiger charge is 2.08. The molecule has 3 heteroatoms. The summed E-state index contributed by atoms with van der Waals surface area (Å²) in [4.78, 5) is 0. The van der Waals surface area contributed by atoms with Crippen LogP contribution in [0.4, 0.5) is 4.39 Å². The monoisotopic (exact) mass is 260 g/mol. The number of aliphatic hydroxyl groups excluding tert-OH is 1. The summed E-state index contributed by atoms with van der Waals surface area (Å²) in [5.74, 6) is -0.225. The minimum Gasteiger partial charge on any atom is -0.396 e. The summed E-state index contributed by atoms with van der Waals surface area (Å²) in [5, 5.41) is 8.75. The molecule has 1 aromatic carbocycles. The van der Waals surface area contributed by atoms with Gasteiger partial charge >= 0.3 is 0 Å². The SMILES string of the molecule is CCCc1cc(F)c(CCO)c(Br)c1. The van der Waals surface area contributed by atoms with Crippen LogP contribution in [0.5, 0.6) is 0 Å². The van der Waals surface area contributed by atoms with Gasteiger partial charge in [-0.05, 0) is 30.5 Å². The summed E-state index contributed by atoms with van der Waals surface area (Å²) >= 11 is 3.32. The summed E-state index contributed by atoms with van der Waals surface area (Å²) in [7, 11) is 0. The van der Waals surface area contributed by atoms with Gasteiger partial charge < -0.3 is 5.11 Å². The smallest absolute Gasteiger partial charge is 0.127 e. The lowest BCUT2D eigenvalue weighted by Crippen LogP contribution is -1.98. The van der Waals surface area contributed by atoms with E-state index in [1.165, 1.54) is 0 Å². The van der Waals surface area contributed by atoms with E-state index in [0.29, 0.717) is 12.0 Å². The number of aliphatic hydroxyl groups is 1. The van der Waals surface area contributed by atoms with Gasteiger partial charge in [-0.15, -0.1) is 0 Å². The van der Waals surface area contributed by atoms with Crippen LogP contribution < -0.4 is 0 Å². The van der Waals surface area contributed by atoms with Crippen molar-refractivity contribution in [1.82, 2.24) is 0 Å². The molecule has 0 aliphatic heterocycles. The molecule has 0 saturated heterocycles. The summed E-state index contributed by atoms with van der Waals surface area (Å²) in [6.07, 6.45) is 2.25. The van der Waals surface area contributed by atoms with Gasteiger partial charge in [0.2, 0.25) is 0 Å². The van der Waals surface area contributed by atoms with Crippen LogP contribution in [0.3, 0.4) is 0 Å². The maximum Gasteiger partial charge on any atom is 0.127 e. The third-order valence-electron chi connectivity index (χ3n) is 2.10. The first-order valence-electron chi connectivity index (χ1n) is 4.76.